The molecule has 0 radical (unpaired) electrons. The highest BCUT2D eigenvalue weighted by Crippen LogP contribution is 2.30. The van der Waals surface area contributed by atoms with E-state index in [1.54, 1.807) is 0 Å². The van der Waals surface area contributed by atoms with Crippen molar-refractivity contribution < 1.29 is 4.79 Å². The molecule has 1 aliphatic carbocycles. The molecule has 2 N–H and O–H groups in total. The molecule has 20 heavy (non-hydrogen) atoms. The van der Waals surface area contributed by atoms with E-state index in [2.05, 4.69) is 11.8 Å². The van der Waals surface area contributed by atoms with Crippen LogP contribution in [-0.2, 0) is 4.79 Å². The van der Waals surface area contributed by atoms with Crippen molar-refractivity contribution >= 4 is 30.1 Å². The topological polar surface area (TPSA) is 46.3 Å². The molecule has 118 valence electrons. The minimum absolute atomic E-state index is 0. The lowest BCUT2D eigenvalue weighted by molar-refractivity contribution is -0.138. The first kappa shape index (κ1) is 18.1. The third-order valence-electron chi connectivity index (χ3n) is 4.49. The Bertz CT molecular complexity index is 308. The molecule has 0 spiro atoms. The van der Waals surface area contributed by atoms with Crippen molar-refractivity contribution in [3.05, 3.63) is 0 Å². The van der Waals surface area contributed by atoms with Gasteiger partial charge in [0.2, 0.25) is 5.91 Å². The van der Waals surface area contributed by atoms with E-state index in [4.69, 9.17) is 5.73 Å². The lowest BCUT2D eigenvalue weighted by atomic mass is 9.81. The Morgan fingerprint density at radius 3 is 2.60 bits per heavy atom. The predicted octanol–water partition coefficient (Wildman–Crippen LogP) is 3.20. The highest BCUT2D eigenvalue weighted by Gasteiger charge is 2.39. The fraction of sp³-hybridized carbons (Fsp3) is 0.933. The summed E-state index contributed by atoms with van der Waals surface area (Å²) < 4.78 is 0. The van der Waals surface area contributed by atoms with Gasteiger partial charge in [-0.05, 0) is 31.4 Å². The SMILES string of the molecule is CCSC1CCCCN(C(=O)C2(N)CCCCC2)C1.Cl. The van der Waals surface area contributed by atoms with Crippen LogP contribution in [0, 0.1) is 0 Å². The van der Waals surface area contributed by atoms with Crippen LogP contribution in [-0.4, -0.2) is 40.4 Å². The van der Waals surface area contributed by atoms with E-state index in [-0.39, 0.29) is 18.3 Å². The van der Waals surface area contributed by atoms with Gasteiger partial charge in [0.05, 0.1) is 5.54 Å². The standard InChI is InChI=1S/C15H28N2OS.ClH/c1-2-19-13-8-4-7-11-17(12-13)14(18)15(16)9-5-3-6-10-15;/h13H,2-12,16H2,1H3;1H. The van der Waals surface area contributed by atoms with Gasteiger partial charge in [-0.3, -0.25) is 4.79 Å². The number of rotatable bonds is 3. The first-order chi connectivity index (χ1) is 9.15. The molecule has 3 nitrogen and oxygen atoms in total. The van der Waals surface area contributed by atoms with Crippen molar-refractivity contribution in [3.63, 3.8) is 0 Å². The second kappa shape index (κ2) is 8.50. The molecule has 1 saturated carbocycles. The molecule has 1 heterocycles. The molecule has 2 aliphatic rings. The van der Waals surface area contributed by atoms with Gasteiger partial charge >= 0.3 is 0 Å². The fourth-order valence-electron chi connectivity index (χ4n) is 3.37. The van der Waals surface area contributed by atoms with Gasteiger partial charge in [-0.15, -0.1) is 12.4 Å². The highest BCUT2D eigenvalue weighted by atomic mass is 35.5. The first-order valence-corrected chi connectivity index (χ1v) is 8.90. The normalized spacial score (nSPS) is 26.5. The first-order valence-electron chi connectivity index (χ1n) is 7.85. The van der Waals surface area contributed by atoms with E-state index in [9.17, 15) is 4.79 Å². The van der Waals surface area contributed by atoms with Crippen molar-refractivity contribution in [1.82, 2.24) is 4.90 Å². The summed E-state index contributed by atoms with van der Waals surface area (Å²) in [6.07, 6.45) is 8.87. The zero-order chi connectivity index (χ0) is 13.7. The highest BCUT2D eigenvalue weighted by molar-refractivity contribution is 7.99. The van der Waals surface area contributed by atoms with Crippen LogP contribution < -0.4 is 5.73 Å². The van der Waals surface area contributed by atoms with E-state index in [1.807, 2.05) is 11.8 Å². The van der Waals surface area contributed by atoms with Crippen molar-refractivity contribution in [3.8, 4) is 0 Å². The van der Waals surface area contributed by atoms with Crippen LogP contribution in [0.25, 0.3) is 0 Å². The van der Waals surface area contributed by atoms with Crippen LogP contribution in [0.5, 0.6) is 0 Å². The lowest BCUT2D eigenvalue weighted by Crippen LogP contribution is -2.57. The van der Waals surface area contributed by atoms with E-state index in [1.165, 1.54) is 19.3 Å². The van der Waals surface area contributed by atoms with E-state index >= 15 is 0 Å². The number of nitrogens with zero attached hydrogens (tertiary/aromatic N) is 1. The zero-order valence-corrected chi connectivity index (χ0v) is 14.2. The Kier molecular flexibility index (Phi) is 7.70. The molecule has 2 rings (SSSR count). The molecular formula is C15H29ClN2OS. The molecule has 5 heteroatoms. The van der Waals surface area contributed by atoms with Gasteiger partial charge in [-0.25, -0.2) is 0 Å². The smallest absolute Gasteiger partial charge is 0.242 e. The number of likely N-dealkylation sites (tertiary alicyclic amines) is 1. The number of thioether (sulfide) groups is 1. The second-order valence-electron chi connectivity index (χ2n) is 6.04. The van der Waals surface area contributed by atoms with E-state index in [0.717, 1.165) is 50.9 Å². The van der Waals surface area contributed by atoms with Crippen LogP contribution in [0.2, 0.25) is 0 Å². The summed E-state index contributed by atoms with van der Waals surface area (Å²) in [5.41, 5.74) is 5.85. The molecule has 1 atom stereocenters. The average molecular weight is 321 g/mol. The second-order valence-corrected chi connectivity index (χ2v) is 7.62. The quantitative estimate of drug-likeness (QED) is 0.868. The molecule has 2 fully saturated rings. The zero-order valence-electron chi connectivity index (χ0n) is 12.6. The van der Waals surface area contributed by atoms with Crippen LogP contribution in [0.3, 0.4) is 0 Å². The van der Waals surface area contributed by atoms with Crippen LogP contribution >= 0.6 is 24.2 Å². The van der Waals surface area contributed by atoms with E-state index in [0.29, 0.717) is 5.25 Å². The van der Waals surface area contributed by atoms with Crippen molar-refractivity contribution in [2.45, 2.75) is 69.1 Å². The third kappa shape index (κ3) is 4.54. The number of carbonyl (C=O) groups is 1. The van der Waals surface area contributed by atoms with Crippen molar-refractivity contribution in [2.24, 2.45) is 5.73 Å². The number of hydrogen-bond acceptors (Lipinski definition) is 3. The molecule has 1 saturated heterocycles. The summed E-state index contributed by atoms with van der Waals surface area (Å²) in [5.74, 6) is 1.37. The maximum atomic E-state index is 12.8. The summed E-state index contributed by atoms with van der Waals surface area (Å²) in [7, 11) is 0. The molecule has 0 aromatic rings. The Labute approximate surface area is 133 Å². The van der Waals surface area contributed by atoms with Gasteiger partial charge in [-0.2, -0.15) is 11.8 Å². The summed E-state index contributed by atoms with van der Waals surface area (Å²) >= 11 is 2.00. The van der Waals surface area contributed by atoms with Crippen LogP contribution in [0.15, 0.2) is 0 Å². The van der Waals surface area contributed by atoms with E-state index < -0.39 is 5.54 Å². The number of halogens is 1. The van der Waals surface area contributed by atoms with Crippen LogP contribution in [0.4, 0.5) is 0 Å². The maximum Gasteiger partial charge on any atom is 0.242 e. The number of carbonyl (C=O) groups excluding carboxylic acids is 1. The Hall–Kier alpha value is 0.0700. The Morgan fingerprint density at radius 1 is 1.25 bits per heavy atom. The minimum Gasteiger partial charge on any atom is -0.340 e. The molecule has 1 unspecified atom stereocenters. The summed E-state index contributed by atoms with van der Waals surface area (Å²) in [6, 6.07) is 0. The Morgan fingerprint density at radius 2 is 1.95 bits per heavy atom. The van der Waals surface area contributed by atoms with Gasteiger partial charge in [0.25, 0.3) is 0 Å². The van der Waals surface area contributed by atoms with Gasteiger partial charge in [0.1, 0.15) is 0 Å². The molecule has 1 amide bonds. The molecule has 1 aliphatic heterocycles. The lowest BCUT2D eigenvalue weighted by Gasteiger charge is -2.37. The van der Waals surface area contributed by atoms with Gasteiger partial charge < -0.3 is 10.6 Å². The average Bonchev–Trinajstić information content (AvgIpc) is 2.65. The Balaban J connectivity index is 0.00000200. The maximum absolute atomic E-state index is 12.8. The van der Waals surface area contributed by atoms with Gasteiger partial charge in [-0.1, -0.05) is 32.6 Å². The number of hydrogen-bond donors (Lipinski definition) is 1. The monoisotopic (exact) mass is 320 g/mol. The molecular weight excluding hydrogens is 292 g/mol. The fourth-order valence-corrected chi connectivity index (χ4v) is 4.46. The summed E-state index contributed by atoms with van der Waals surface area (Å²) in [6.45, 7) is 4.03. The third-order valence-corrected chi connectivity index (χ3v) is 5.68. The van der Waals surface area contributed by atoms with Gasteiger partial charge in [0.15, 0.2) is 0 Å². The number of amides is 1. The summed E-state index contributed by atoms with van der Waals surface area (Å²) in [5, 5.41) is 0.614. The van der Waals surface area contributed by atoms with Crippen molar-refractivity contribution in [2.75, 3.05) is 18.8 Å². The summed E-state index contributed by atoms with van der Waals surface area (Å²) in [4.78, 5) is 14.8. The molecule has 0 aromatic carbocycles. The largest absolute Gasteiger partial charge is 0.340 e. The van der Waals surface area contributed by atoms with Crippen molar-refractivity contribution in [1.29, 1.82) is 0 Å². The number of nitrogens with two attached hydrogens (primary N) is 1. The van der Waals surface area contributed by atoms with Crippen LogP contribution in [0.1, 0.15) is 58.3 Å². The molecule has 0 aromatic heterocycles. The van der Waals surface area contributed by atoms with Gasteiger partial charge in [0, 0.05) is 18.3 Å². The minimum atomic E-state index is -0.552. The molecule has 0 bridgehead atoms. The predicted molar refractivity (Wildman–Crippen MR) is 89.6 cm³/mol.